The van der Waals surface area contributed by atoms with Gasteiger partial charge in [-0.05, 0) is 59.6 Å². The van der Waals surface area contributed by atoms with Crippen LogP contribution in [-0.2, 0) is 119 Å². The predicted molar refractivity (Wildman–Crippen MR) is 160 cm³/mol. The zero-order chi connectivity index (χ0) is 39.4. The molecule has 0 aliphatic carbocycles. The second kappa shape index (κ2) is 43.4. The van der Waals surface area contributed by atoms with Gasteiger partial charge in [-0.15, -0.1) is 0 Å². The summed E-state index contributed by atoms with van der Waals surface area (Å²) in [5.41, 5.74) is 0. The van der Waals surface area contributed by atoms with Crippen molar-refractivity contribution in [2.24, 2.45) is 11.8 Å². The molecule has 0 aromatic carbocycles. The third kappa shape index (κ3) is 36.6. The second-order valence-electron chi connectivity index (χ2n) is 10.6. The summed E-state index contributed by atoms with van der Waals surface area (Å²) in [4.78, 5) is 36.0. The summed E-state index contributed by atoms with van der Waals surface area (Å²) in [6.45, 7) is 4.45. The Hall–Kier alpha value is -2.36. The molecule has 0 aliphatic rings. The van der Waals surface area contributed by atoms with Gasteiger partial charge in [0.25, 0.3) is 0 Å². The topological polar surface area (TPSA) is 278 Å². The van der Waals surface area contributed by atoms with Crippen LogP contribution in [0.2, 0.25) is 0 Å². The third-order valence-electron chi connectivity index (χ3n) is 6.85. The quantitative estimate of drug-likeness (QED) is 0.0238. The fourth-order valence-corrected chi connectivity index (χ4v) is 4.35. The number of hydrogen-bond donors (Lipinski definition) is 2. The maximum absolute atomic E-state index is 12.1. The van der Waals surface area contributed by atoms with E-state index in [1.807, 2.05) is 0 Å². The lowest BCUT2D eigenvalue weighted by Gasteiger charge is -2.19. The van der Waals surface area contributed by atoms with Crippen molar-refractivity contribution in [2.75, 3.05) is 26.4 Å². The van der Waals surface area contributed by atoms with Crippen LogP contribution in [0.5, 0.6) is 0 Å². The Morgan fingerprint density at radius 3 is 1.39 bits per heavy atom. The van der Waals surface area contributed by atoms with Gasteiger partial charge >= 0.3 is 11.9 Å². The first-order valence-corrected chi connectivity index (χ1v) is 17.1. The van der Waals surface area contributed by atoms with Crippen molar-refractivity contribution in [3.63, 3.8) is 0 Å². The van der Waals surface area contributed by atoms with Crippen molar-refractivity contribution in [1.29, 1.82) is 0 Å². The molecule has 2 atom stereocenters. The molecule has 0 rings (SSSR count). The van der Waals surface area contributed by atoms with Gasteiger partial charge in [-0.25, -0.2) is 9.78 Å². The minimum Gasteiger partial charge on any atom is -0.481 e. The Morgan fingerprint density at radius 2 is 0.944 bits per heavy atom. The number of carboxylic acid groups (broad SMARTS) is 1. The molecule has 0 heterocycles. The summed E-state index contributed by atoms with van der Waals surface area (Å²) in [5, 5.41) is 81.4. The van der Waals surface area contributed by atoms with Gasteiger partial charge in [-0.2, -0.15) is 0 Å². The van der Waals surface area contributed by atoms with E-state index in [1.54, 1.807) is 6.92 Å². The van der Waals surface area contributed by atoms with Crippen molar-refractivity contribution in [3.05, 3.63) is 12.5 Å². The fraction of sp³-hybridized carbons (Fsp3) is 0.857. The summed E-state index contributed by atoms with van der Waals surface area (Å²) in [7, 11) is 0. The van der Waals surface area contributed by atoms with Crippen LogP contribution in [-0.4, -0.2) is 48.7 Å². The Kier molecular flexibility index (Phi) is 41.5. The van der Waals surface area contributed by atoms with E-state index in [0.717, 1.165) is 12.8 Å². The average molecular weight is 805 g/mol. The number of carboxylic acids is 1. The van der Waals surface area contributed by atoms with E-state index in [4.69, 9.17) is 14.7 Å². The van der Waals surface area contributed by atoms with Crippen LogP contribution in [0.15, 0.2) is 12.5 Å². The third-order valence-corrected chi connectivity index (χ3v) is 6.85. The molecule has 0 saturated carbocycles. The fourth-order valence-electron chi connectivity index (χ4n) is 4.35. The monoisotopic (exact) mass is 804 g/mol. The van der Waals surface area contributed by atoms with E-state index in [9.17, 15) is 14.7 Å². The number of rotatable bonds is 45. The molecule has 0 aromatic rings. The number of carbonyl (C=O) groups excluding carboxylic acids is 1. The number of unbranched alkanes of at least 4 members (excludes halogenated alkanes) is 13. The van der Waals surface area contributed by atoms with E-state index in [-0.39, 0.29) is 32.7 Å². The van der Waals surface area contributed by atoms with Crippen molar-refractivity contribution in [3.8, 4) is 0 Å². The van der Waals surface area contributed by atoms with Gasteiger partial charge in [0.1, 0.15) is 12.9 Å². The molecule has 0 saturated heterocycles. The summed E-state index contributed by atoms with van der Waals surface area (Å²) in [6.07, 6.45) is 19.4. The summed E-state index contributed by atoms with van der Waals surface area (Å²) in [5.74, 6) is -4.39. The lowest BCUT2D eigenvalue weighted by Crippen LogP contribution is -2.31. The first-order chi connectivity index (χ1) is 26.6. The second-order valence-corrected chi connectivity index (χ2v) is 10.6. The van der Waals surface area contributed by atoms with Crippen molar-refractivity contribution >= 4 is 11.9 Å². The lowest BCUT2D eigenvalue weighted by molar-refractivity contribution is -0.891. The van der Waals surface area contributed by atoms with Gasteiger partial charge in [-0.1, -0.05) is 97.3 Å². The molecule has 2 N–H and O–H groups in total. The zero-order valence-electron chi connectivity index (χ0n) is 30.1. The van der Waals surface area contributed by atoms with Crippen LogP contribution in [0.4, 0.5) is 0 Å². The van der Waals surface area contributed by atoms with E-state index in [1.165, 1.54) is 77.0 Å². The standard InChI is InChI=1S/C28H52O26/c1-3-5-6-7-8-9-10-11-12-13-14-15-16-17-19-33-21-23-36-38-40-42-44-46-48-50-52-54-53-51-49-47-45-43-41-39-37-24-22-34-28(31)25(4-2)26(27(29)30)18-20-35-32/h22,24-26,32H,3-21,23H2,1-2H3,(H,29,30)/b24-22+. The Morgan fingerprint density at radius 1 is 0.500 bits per heavy atom. The molecular weight excluding hydrogens is 752 g/mol. The molecule has 0 fully saturated rings. The number of aliphatic carboxylic acids is 1. The van der Waals surface area contributed by atoms with E-state index >= 15 is 0 Å². The molecule has 54 heavy (non-hydrogen) atoms. The summed E-state index contributed by atoms with van der Waals surface area (Å²) >= 11 is 0. The van der Waals surface area contributed by atoms with E-state index in [0.29, 0.717) is 19.1 Å². The smallest absolute Gasteiger partial charge is 0.314 e. The molecule has 26 nitrogen and oxygen atoms in total. The Balaban J connectivity index is 3.29. The maximum atomic E-state index is 12.1. The molecule has 0 amide bonds. The van der Waals surface area contributed by atoms with Crippen LogP contribution < -0.4 is 0 Å². The van der Waals surface area contributed by atoms with Crippen LogP contribution in [0, 0.1) is 11.8 Å². The van der Waals surface area contributed by atoms with Crippen LogP contribution in [0.3, 0.4) is 0 Å². The molecule has 0 aliphatic heterocycles. The Labute approximate surface area is 309 Å². The molecular formula is C28H52O26. The van der Waals surface area contributed by atoms with Crippen molar-refractivity contribution in [1.82, 2.24) is 0 Å². The van der Waals surface area contributed by atoms with Crippen LogP contribution in [0.25, 0.3) is 0 Å². The van der Waals surface area contributed by atoms with Crippen LogP contribution >= 0.6 is 0 Å². The van der Waals surface area contributed by atoms with Gasteiger partial charge in [0, 0.05) is 52.0 Å². The first-order valence-electron chi connectivity index (χ1n) is 17.1. The highest BCUT2D eigenvalue weighted by Gasteiger charge is 2.33. The van der Waals surface area contributed by atoms with Crippen molar-refractivity contribution in [2.45, 2.75) is 117 Å². The number of esters is 1. The highest BCUT2D eigenvalue weighted by atomic mass is 18.0. The molecule has 0 aromatic heterocycles. The van der Waals surface area contributed by atoms with Gasteiger partial charge < -0.3 is 19.5 Å². The molecule has 0 bridgehead atoms. The normalized spacial score (nSPS) is 12.7. The molecule has 26 heteroatoms. The first kappa shape index (κ1) is 51.6. The predicted octanol–water partition coefficient (Wildman–Crippen LogP) is 5.89. The van der Waals surface area contributed by atoms with E-state index < -0.39 is 23.8 Å². The van der Waals surface area contributed by atoms with Gasteiger partial charge in [0.2, 0.25) is 0 Å². The molecule has 0 spiro atoms. The molecule has 0 radical (unpaired) electrons. The van der Waals surface area contributed by atoms with Gasteiger partial charge in [-0.3, -0.25) is 14.8 Å². The largest absolute Gasteiger partial charge is 0.481 e. The molecule has 320 valence electrons. The minimum absolute atomic E-state index is 0.0485. The highest BCUT2D eigenvalue weighted by molar-refractivity contribution is 5.81. The minimum atomic E-state index is -1.27. The molecule has 2 unspecified atom stereocenters. The maximum Gasteiger partial charge on any atom is 0.314 e. The lowest BCUT2D eigenvalue weighted by atomic mass is 9.88. The van der Waals surface area contributed by atoms with Crippen LogP contribution in [0.1, 0.15) is 117 Å². The summed E-state index contributed by atoms with van der Waals surface area (Å²) < 4.78 is 10.1. The van der Waals surface area contributed by atoms with Gasteiger partial charge in [0.05, 0.1) is 25.0 Å². The van der Waals surface area contributed by atoms with Gasteiger partial charge in [0.15, 0.2) is 6.26 Å². The Bertz CT molecular complexity index is 825. The average Bonchev–Trinajstić information content (AvgIpc) is 3.17. The highest BCUT2D eigenvalue weighted by Crippen LogP contribution is 2.22. The summed E-state index contributed by atoms with van der Waals surface area (Å²) in [6, 6.07) is 0. The number of carbonyl (C=O) groups is 2. The van der Waals surface area contributed by atoms with Crippen molar-refractivity contribution < 1.29 is 130 Å². The van der Waals surface area contributed by atoms with E-state index in [2.05, 4.69) is 107 Å². The number of hydrogen-bond acceptors (Lipinski definition) is 25. The zero-order valence-corrected chi connectivity index (χ0v) is 30.1. The number of ether oxygens (including phenoxy) is 2. The SMILES string of the molecule is CCCCCCCCCCCCCCCCOCCOOOOOOOOOOOOOOOOOOO/C=C/OC(=O)C(CC)C(CCOO)C(=O)O.